The van der Waals surface area contributed by atoms with Crippen molar-refractivity contribution in [2.24, 2.45) is 0 Å². The highest BCUT2D eigenvalue weighted by molar-refractivity contribution is 6.30. The molecular weight excluding hydrogens is 280 g/mol. The summed E-state index contributed by atoms with van der Waals surface area (Å²) in [6.45, 7) is -19.2. The lowest BCUT2D eigenvalue weighted by Crippen LogP contribution is -2.46. The van der Waals surface area contributed by atoms with Crippen LogP contribution in [0.4, 0.5) is 0 Å². The molecule has 0 amide bonds. The summed E-state index contributed by atoms with van der Waals surface area (Å²) < 4.78 is 141. The van der Waals surface area contributed by atoms with Gasteiger partial charge in [-0.25, -0.2) is 0 Å². The molecule has 3 rings (SSSR count). The first-order valence-electron chi connectivity index (χ1n) is 14.4. The molecule has 0 aliphatic carbocycles. The molecule has 1 aliphatic heterocycles. The Morgan fingerprint density at radius 3 is 2.38 bits per heavy atom. The first-order valence-corrected chi connectivity index (χ1v) is 6.23. The molecule has 1 atom stereocenters. The van der Waals surface area contributed by atoms with E-state index in [2.05, 4.69) is 0 Å². The summed E-state index contributed by atoms with van der Waals surface area (Å²) >= 11 is 5.93. The third-order valence-corrected chi connectivity index (χ3v) is 2.88. The summed E-state index contributed by atoms with van der Waals surface area (Å²) in [6, 6.07) is -3.80. The molecule has 2 aromatic carbocycles. The van der Waals surface area contributed by atoms with Gasteiger partial charge < -0.3 is 4.90 Å². The van der Waals surface area contributed by atoms with Gasteiger partial charge in [-0.05, 0) is 30.2 Å². The summed E-state index contributed by atoms with van der Waals surface area (Å²) in [7, 11) is 0. The van der Waals surface area contributed by atoms with Crippen molar-refractivity contribution in [3.8, 4) is 0 Å². The second-order valence-corrected chi connectivity index (χ2v) is 4.41. The van der Waals surface area contributed by atoms with Gasteiger partial charge in [-0.1, -0.05) is 53.9 Å². The second kappa shape index (κ2) is 6.61. The SMILES string of the molecule is [2H]c1c([2H])c([2H])c(C([2H])(c2ccc(Cl)cc2)N2C([2H])([2H])C([2H])([2H])N(C([2H])([2H])[2H])C([2H])([2H])C2([2H])[2H])c([2H])c1[2H]. The molecule has 0 saturated carbocycles. The maximum Gasteiger partial charge on any atom is 0.0626 e. The Hall–Kier alpha value is -1.35. The van der Waals surface area contributed by atoms with Crippen molar-refractivity contribution in [2.75, 3.05) is 33.0 Å². The lowest BCUT2D eigenvalue weighted by atomic mass is 9.96. The summed E-state index contributed by atoms with van der Waals surface area (Å²) in [4.78, 5) is -0.833. The van der Waals surface area contributed by atoms with Gasteiger partial charge in [0, 0.05) is 46.1 Å². The van der Waals surface area contributed by atoms with E-state index < -0.39 is 85.2 Å². The van der Waals surface area contributed by atoms with Gasteiger partial charge in [0.25, 0.3) is 0 Å². The number of likely N-dealkylation sites (N-methyl/N-ethyl adjacent to an activating group) is 1. The highest BCUT2D eigenvalue weighted by Gasteiger charge is 2.25. The fourth-order valence-corrected chi connectivity index (χ4v) is 1.86. The van der Waals surface area contributed by atoms with E-state index in [0.717, 1.165) is 12.1 Å². The Bertz CT molecular complexity index is 1200. The van der Waals surface area contributed by atoms with E-state index in [-0.39, 0.29) is 9.92 Å². The largest absolute Gasteiger partial charge is 0.304 e. The number of hydrogen-bond donors (Lipinski definition) is 0. The number of rotatable bonds is 3. The highest BCUT2D eigenvalue weighted by atomic mass is 35.5. The Labute approximate surface area is 155 Å². The topological polar surface area (TPSA) is 6.48 Å². The number of hydrogen-bond acceptors (Lipinski definition) is 2. The Kier molecular flexibility index (Phi) is 1.44. The lowest BCUT2D eigenvalue weighted by Gasteiger charge is -2.38. The molecular formula is C18H21ClN2. The van der Waals surface area contributed by atoms with E-state index in [1.165, 1.54) is 12.1 Å². The highest BCUT2D eigenvalue weighted by Crippen LogP contribution is 2.30. The Balaban J connectivity index is 2.60. The van der Waals surface area contributed by atoms with Crippen molar-refractivity contribution in [1.29, 1.82) is 0 Å². The molecule has 2 aromatic rings. The van der Waals surface area contributed by atoms with Gasteiger partial charge in [0.05, 0.1) is 14.2 Å². The normalized spacial score (nSPS) is 42.0. The zero-order valence-corrected chi connectivity index (χ0v) is 11.3. The number of piperazine rings is 1. The van der Waals surface area contributed by atoms with Gasteiger partial charge in [0.2, 0.25) is 0 Å². The van der Waals surface area contributed by atoms with E-state index in [4.69, 9.17) is 33.5 Å². The van der Waals surface area contributed by atoms with Crippen LogP contribution in [0.15, 0.2) is 54.5 Å². The van der Waals surface area contributed by atoms with E-state index in [9.17, 15) is 1.37 Å². The van der Waals surface area contributed by atoms with Crippen molar-refractivity contribution >= 4 is 11.6 Å². The van der Waals surface area contributed by atoms with E-state index in [1.54, 1.807) is 0 Å². The zero-order valence-electron chi connectivity index (χ0n) is 27.6. The molecule has 1 unspecified atom stereocenters. The van der Waals surface area contributed by atoms with Gasteiger partial charge in [-0.15, -0.1) is 0 Å². The van der Waals surface area contributed by atoms with Crippen molar-refractivity contribution in [3.63, 3.8) is 0 Å². The monoisotopic (exact) mass is 317 g/mol. The minimum absolute atomic E-state index is 0.0843. The molecule has 110 valence electrons. The molecule has 0 bridgehead atoms. The van der Waals surface area contributed by atoms with Gasteiger partial charge in [0.15, 0.2) is 0 Å². The van der Waals surface area contributed by atoms with Gasteiger partial charge >= 0.3 is 0 Å². The fourth-order valence-electron chi connectivity index (χ4n) is 1.73. The van der Waals surface area contributed by atoms with Crippen LogP contribution in [0.25, 0.3) is 0 Å². The fraction of sp³-hybridized carbons (Fsp3) is 0.333. The zero-order chi connectivity index (χ0) is 29.6. The average molecular weight is 318 g/mol. The third kappa shape index (κ3) is 3.46. The third-order valence-electron chi connectivity index (χ3n) is 2.63. The van der Waals surface area contributed by atoms with Crippen LogP contribution >= 0.6 is 11.6 Å². The van der Waals surface area contributed by atoms with Crippen LogP contribution in [-0.2, 0) is 0 Å². The number of halogens is 1. The van der Waals surface area contributed by atoms with Gasteiger partial charge in [0.1, 0.15) is 0 Å². The van der Waals surface area contributed by atoms with Crippen LogP contribution in [0.5, 0.6) is 0 Å². The molecule has 0 spiro atoms. The van der Waals surface area contributed by atoms with Crippen molar-refractivity contribution in [3.05, 3.63) is 70.6 Å². The molecule has 1 saturated heterocycles. The predicted octanol–water partition coefficient (Wildman–Crippen LogP) is 3.68. The van der Waals surface area contributed by atoms with Crippen LogP contribution in [0.1, 0.15) is 40.4 Å². The molecule has 21 heavy (non-hydrogen) atoms. The number of nitrogens with zero attached hydrogens (tertiary/aromatic N) is 2. The molecule has 3 heteroatoms. The maximum atomic E-state index is 9.44. The smallest absolute Gasteiger partial charge is 0.0626 e. The van der Waals surface area contributed by atoms with Crippen molar-refractivity contribution < 1.29 is 23.3 Å². The molecule has 2 nitrogen and oxygen atoms in total. The summed E-state index contributed by atoms with van der Waals surface area (Å²) in [6.07, 6.45) is 0. The minimum Gasteiger partial charge on any atom is -0.304 e. The van der Waals surface area contributed by atoms with Crippen LogP contribution in [0.2, 0.25) is 5.02 Å². The van der Waals surface area contributed by atoms with Crippen molar-refractivity contribution in [2.45, 2.75) is 6.02 Å². The Morgan fingerprint density at radius 2 is 1.76 bits per heavy atom. The number of benzene rings is 2. The van der Waals surface area contributed by atoms with E-state index in [1.807, 2.05) is 0 Å². The molecule has 0 radical (unpaired) electrons. The summed E-state index contributed by atoms with van der Waals surface area (Å²) in [5.74, 6) is 0. The van der Waals surface area contributed by atoms with Crippen LogP contribution in [0, 0.1) is 0 Å². The lowest BCUT2D eigenvalue weighted by molar-refractivity contribution is 0.127. The maximum absolute atomic E-state index is 9.44. The predicted molar refractivity (Wildman–Crippen MR) is 88.8 cm³/mol. The second-order valence-electron chi connectivity index (χ2n) is 3.97. The van der Waals surface area contributed by atoms with Gasteiger partial charge in [-0.2, -0.15) is 0 Å². The van der Waals surface area contributed by atoms with Crippen LogP contribution in [-0.4, -0.2) is 42.8 Å². The molecule has 0 N–H and O–H groups in total. The van der Waals surface area contributed by atoms with Crippen LogP contribution < -0.4 is 0 Å². The minimum atomic E-state index is -3.87. The van der Waals surface area contributed by atoms with E-state index in [0.29, 0.717) is 0 Å². The first-order chi connectivity index (χ1) is 16.9. The molecule has 0 aromatic heterocycles. The van der Waals surface area contributed by atoms with Crippen LogP contribution in [0.3, 0.4) is 0 Å². The summed E-state index contributed by atoms with van der Waals surface area (Å²) in [5, 5.41) is 0.0843. The molecule has 1 fully saturated rings. The summed E-state index contributed by atoms with van der Waals surface area (Å²) in [5.41, 5.74) is -1.49. The quantitative estimate of drug-likeness (QED) is 0.852. The van der Waals surface area contributed by atoms with Crippen molar-refractivity contribution in [1.82, 2.24) is 9.80 Å². The standard InChI is InChI=1S/C18H21ClN2/c1-20-11-13-21(14-12-20)18(15-5-3-2-4-6-15)16-7-9-17(19)10-8-16/h2-10,18H,11-14H2,1H3/i1D3,2D,3D,4D,5D,6D,11D2,12D2,13D2,14D2,18D. The van der Waals surface area contributed by atoms with Gasteiger partial charge in [-0.3, -0.25) is 4.90 Å². The van der Waals surface area contributed by atoms with E-state index >= 15 is 0 Å². The molecule has 1 heterocycles. The average Bonchev–Trinajstić information content (AvgIpc) is 2.74. The Morgan fingerprint density at radius 1 is 1.10 bits per heavy atom. The first kappa shape index (κ1) is 4.58. The molecule has 1 aliphatic rings.